The third kappa shape index (κ3) is 7.18. The van der Waals surface area contributed by atoms with Gasteiger partial charge in [-0.25, -0.2) is 0 Å². The van der Waals surface area contributed by atoms with Crippen molar-refractivity contribution < 1.29 is 9.53 Å². The first-order valence-corrected chi connectivity index (χ1v) is 15.7. The molecule has 0 unspecified atom stereocenters. The molecular weight excluding hydrogens is 569 g/mol. The average Bonchev–Trinajstić information content (AvgIpc) is 3.79. The van der Waals surface area contributed by atoms with Gasteiger partial charge in [-0.05, 0) is 80.5 Å². The molecule has 0 atom stereocenters. The van der Waals surface area contributed by atoms with E-state index >= 15 is 0 Å². The number of likely N-dealkylation sites (N-methyl/N-ethyl adjacent to an activating group) is 1. The van der Waals surface area contributed by atoms with Gasteiger partial charge >= 0.3 is 0 Å². The lowest BCUT2D eigenvalue weighted by molar-refractivity contribution is -0.117. The highest BCUT2D eigenvalue weighted by molar-refractivity contribution is 7.99. The van der Waals surface area contributed by atoms with Crippen LogP contribution >= 0.6 is 23.1 Å². The van der Waals surface area contributed by atoms with Crippen LogP contribution in [0.5, 0.6) is 5.75 Å². The minimum atomic E-state index is 0.101. The summed E-state index contributed by atoms with van der Waals surface area (Å²) in [5.41, 5.74) is 1.95. The predicted molar refractivity (Wildman–Crippen MR) is 166 cm³/mol. The zero-order valence-electron chi connectivity index (χ0n) is 24.0. The fourth-order valence-corrected chi connectivity index (χ4v) is 6.17. The van der Waals surface area contributed by atoms with Gasteiger partial charge in [-0.3, -0.25) is 4.79 Å². The fraction of sp³-hybridized carbons (Fsp3) is 0.367. The van der Waals surface area contributed by atoms with Crippen molar-refractivity contribution in [2.24, 2.45) is 10.9 Å². The molecule has 1 N–H and O–H groups in total. The zero-order valence-corrected chi connectivity index (χ0v) is 25.6. The molecule has 4 aromatic rings. The second kappa shape index (κ2) is 12.6. The van der Waals surface area contributed by atoms with Crippen LogP contribution in [0.4, 0.5) is 17.6 Å². The Bertz CT molecular complexity index is 1610. The van der Waals surface area contributed by atoms with E-state index in [2.05, 4.69) is 52.0 Å². The molecule has 1 amide bonds. The molecule has 2 aromatic heterocycles. The van der Waals surface area contributed by atoms with E-state index in [0.29, 0.717) is 23.6 Å². The van der Waals surface area contributed by atoms with E-state index < -0.39 is 0 Å². The number of nitrogens with zero attached hydrogens (tertiary/aromatic N) is 7. The van der Waals surface area contributed by atoms with Crippen LogP contribution < -0.4 is 19.8 Å². The summed E-state index contributed by atoms with van der Waals surface area (Å²) in [6.45, 7) is 6.33. The molecule has 0 spiro atoms. The van der Waals surface area contributed by atoms with Crippen LogP contribution in [0.2, 0.25) is 0 Å². The number of carbonyl (C=O) groups is 1. The quantitative estimate of drug-likeness (QED) is 0.297. The number of benzene rings is 2. The van der Waals surface area contributed by atoms with E-state index in [4.69, 9.17) is 24.7 Å². The molecule has 1 aliphatic heterocycles. The molecule has 218 valence electrons. The number of nitrogens with one attached hydrogen (secondary N) is 1. The summed E-state index contributed by atoms with van der Waals surface area (Å²) in [6, 6.07) is 15.9. The Balaban J connectivity index is 1.28. The molecule has 1 aliphatic carbocycles. The van der Waals surface area contributed by atoms with E-state index in [1.807, 2.05) is 36.4 Å². The topological polar surface area (TPSA) is 101 Å². The number of anilines is 2. The maximum Gasteiger partial charge on any atom is 0.257 e. The summed E-state index contributed by atoms with van der Waals surface area (Å²) in [5.74, 6) is 2.13. The summed E-state index contributed by atoms with van der Waals surface area (Å²) in [7, 11) is 3.80. The van der Waals surface area contributed by atoms with Crippen molar-refractivity contribution in [1.29, 1.82) is 0 Å². The van der Waals surface area contributed by atoms with Crippen LogP contribution in [0.1, 0.15) is 23.3 Å². The number of methoxy groups -OCH3 is 1. The first-order valence-electron chi connectivity index (χ1n) is 14.0. The lowest BCUT2D eigenvalue weighted by Gasteiger charge is -2.32. The molecule has 2 fully saturated rings. The molecule has 12 heteroatoms. The van der Waals surface area contributed by atoms with Gasteiger partial charge in [0.05, 0.1) is 7.11 Å². The SMILES string of the molecule is COc1ccc(Cn2cc(C)sc2=Nc2nc(Sc3ccc(NC(=O)C4CC4)cc3)nc(N3CCN(C)CC3)n2)cc1. The Labute approximate surface area is 253 Å². The molecule has 0 bridgehead atoms. The molecule has 1 saturated heterocycles. The Hall–Kier alpha value is -3.74. The van der Waals surface area contributed by atoms with Crippen molar-refractivity contribution in [3.8, 4) is 5.75 Å². The van der Waals surface area contributed by atoms with E-state index in [9.17, 15) is 4.79 Å². The fourth-order valence-electron chi connectivity index (χ4n) is 4.60. The van der Waals surface area contributed by atoms with E-state index in [0.717, 1.165) is 70.6 Å². The van der Waals surface area contributed by atoms with Crippen molar-refractivity contribution in [2.45, 2.75) is 36.4 Å². The van der Waals surface area contributed by atoms with Gasteiger partial charge in [-0.1, -0.05) is 12.1 Å². The van der Waals surface area contributed by atoms with Crippen LogP contribution in [-0.4, -0.2) is 70.7 Å². The molecule has 42 heavy (non-hydrogen) atoms. The number of thiazole rings is 1. The first kappa shape index (κ1) is 28.4. The van der Waals surface area contributed by atoms with Crippen LogP contribution in [0, 0.1) is 12.8 Å². The predicted octanol–water partition coefficient (Wildman–Crippen LogP) is 4.58. The third-order valence-electron chi connectivity index (χ3n) is 7.20. The van der Waals surface area contributed by atoms with Crippen molar-refractivity contribution in [3.05, 3.63) is 70.0 Å². The highest BCUT2D eigenvalue weighted by Crippen LogP contribution is 2.31. The molecule has 2 aliphatic rings. The van der Waals surface area contributed by atoms with Gasteiger partial charge in [0, 0.05) is 60.3 Å². The van der Waals surface area contributed by atoms with Crippen molar-refractivity contribution >= 4 is 46.6 Å². The van der Waals surface area contributed by atoms with Gasteiger partial charge in [0.2, 0.25) is 11.9 Å². The number of carbonyl (C=O) groups excluding carboxylic acids is 1. The smallest absolute Gasteiger partial charge is 0.257 e. The van der Waals surface area contributed by atoms with Crippen molar-refractivity contribution in [2.75, 3.05) is 50.6 Å². The first-order chi connectivity index (χ1) is 20.4. The van der Waals surface area contributed by atoms with Crippen molar-refractivity contribution in [1.82, 2.24) is 24.4 Å². The van der Waals surface area contributed by atoms with Gasteiger partial charge < -0.3 is 24.4 Å². The van der Waals surface area contributed by atoms with Crippen LogP contribution in [0.15, 0.2) is 69.8 Å². The number of ether oxygens (including phenoxy) is 1. The monoisotopic (exact) mass is 602 g/mol. The summed E-state index contributed by atoms with van der Waals surface area (Å²) in [4.78, 5) is 38.9. The number of aromatic nitrogens is 4. The van der Waals surface area contributed by atoms with Crippen molar-refractivity contribution in [3.63, 3.8) is 0 Å². The second-order valence-electron chi connectivity index (χ2n) is 10.6. The third-order valence-corrected chi connectivity index (χ3v) is 9.01. The minimum absolute atomic E-state index is 0.101. The van der Waals surface area contributed by atoms with Gasteiger partial charge in [-0.15, -0.1) is 11.3 Å². The van der Waals surface area contributed by atoms with Crippen LogP contribution in [-0.2, 0) is 11.3 Å². The molecular formula is C30H34N8O2S2. The molecule has 6 rings (SSSR count). The van der Waals surface area contributed by atoms with Gasteiger partial charge in [-0.2, -0.15) is 19.9 Å². The Morgan fingerprint density at radius 1 is 1.05 bits per heavy atom. The zero-order chi connectivity index (χ0) is 29.1. The van der Waals surface area contributed by atoms with E-state index in [1.54, 1.807) is 18.4 Å². The maximum atomic E-state index is 12.1. The number of hydrogen-bond donors (Lipinski definition) is 1. The summed E-state index contributed by atoms with van der Waals surface area (Å²) in [6.07, 6.45) is 4.07. The van der Waals surface area contributed by atoms with Gasteiger partial charge in [0.25, 0.3) is 5.95 Å². The van der Waals surface area contributed by atoms with Gasteiger partial charge in [0.1, 0.15) is 5.75 Å². The Morgan fingerprint density at radius 2 is 1.79 bits per heavy atom. The maximum absolute atomic E-state index is 12.1. The molecule has 1 saturated carbocycles. The highest BCUT2D eigenvalue weighted by Gasteiger charge is 2.29. The summed E-state index contributed by atoms with van der Waals surface area (Å²) in [5, 5.41) is 3.58. The number of aryl methyl sites for hydroxylation is 1. The van der Waals surface area contributed by atoms with E-state index in [-0.39, 0.29) is 11.8 Å². The number of piperazine rings is 1. The van der Waals surface area contributed by atoms with Gasteiger partial charge in [0.15, 0.2) is 9.96 Å². The number of amides is 1. The Kier molecular flexibility index (Phi) is 8.54. The summed E-state index contributed by atoms with van der Waals surface area (Å²) >= 11 is 3.08. The molecule has 3 heterocycles. The molecule has 10 nitrogen and oxygen atoms in total. The number of rotatable bonds is 9. The Morgan fingerprint density at radius 3 is 2.48 bits per heavy atom. The lowest BCUT2D eigenvalue weighted by Crippen LogP contribution is -2.45. The molecule has 0 radical (unpaired) electrons. The summed E-state index contributed by atoms with van der Waals surface area (Å²) < 4.78 is 7.44. The van der Waals surface area contributed by atoms with Crippen LogP contribution in [0.3, 0.4) is 0 Å². The van der Waals surface area contributed by atoms with Crippen LogP contribution in [0.25, 0.3) is 0 Å². The van der Waals surface area contributed by atoms with E-state index in [1.165, 1.54) is 11.8 Å². The lowest BCUT2D eigenvalue weighted by atomic mass is 10.2. The largest absolute Gasteiger partial charge is 0.497 e. The average molecular weight is 603 g/mol. The molecule has 2 aromatic carbocycles. The highest BCUT2D eigenvalue weighted by atomic mass is 32.2. The minimum Gasteiger partial charge on any atom is -0.497 e. The standard InChI is InChI=1S/C30H34N8O2S2/c1-20-18-38(19-21-4-10-24(40-3)11-5-21)30(41-20)34-27-32-28(37-16-14-36(2)15-17-37)35-29(33-27)42-25-12-8-23(9-13-25)31-26(39)22-6-7-22/h4-5,8-13,18,22H,6-7,14-17,19H2,1-3H3,(H,31,39). The number of hydrogen-bond acceptors (Lipinski definition) is 10. The normalized spacial score (nSPS) is 16.1. The second-order valence-corrected chi connectivity index (χ2v) is 12.9.